The molecule has 2 rings (SSSR count). The highest BCUT2D eigenvalue weighted by Gasteiger charge is 2.20. The minimum atomic E-state index is 0.0662. The lowest BCUT2D eigenvalue weighted by Crippen LogP contribution is -2.41. The molecule has 0 saturated carbocycles. The van der Waals surface area contributed by atoms with Crippen molar-refractivity contribution in [3.63, 3.8) is 0 Å². The van der Waals surface area contributed by atoms with Crippen molar-refractivity contribution in [2.75, 3.05) is 19.7 Å². The van der Waals surface area contributed by atoms with E-state index in [0.717, 1.165) is 19.5 Å². The number of piperidine rings is 1. The lowest BCUT2D eigenvalue weighted by atomic mass is 10.0. The number of hydrogen-bond donors (Lipinski definition) is 0. The molecule has 0 spiro atoms. The maximum Gasteiger partial charge on any atom is 0.260 e. The molecule has 0 unspecified atom stereocenters. The Labute approximate surface area is 113 Å². The van der Waals surface area contributed by atoms with Crippen LogP contribution in [0.3, 0.4) is 0 Å². The quantitative estimate of drug-likeness (QED) is 0.843. The average molecular weight is 268 g/mol. The second-order valence-corrected chi connectivity index (χ2v) is 5.27. The molecular formula is C14H18ClNO2. The van der Waals surface area contributed by atoms with Crippen LogP contribution in [0.4, 0.5) is 0 Å². The van der Waals surface area contributed by atoms with Crippen molar-refractivity contribution in [3.8, 4) is 5.75 Å². The molecule has 1 aromatic carbocycles. The Balaban J connectivity index is 1.82. The van der Waals surface area contributed by atoms with Crippen LogP contribution in [0.15, 0.2) is 24.3 Å². The predicted molar refractivity (Wildman–Crippen MR) is 71.9 cm³/mol. The van der Waals surface area contributed by atoms with Crippen molar-refractivity contribution in [1.82, 2.24) is 4.90 Å². The van der Waals surface area contributed by atoms with E-state index in [1.165, 1.54) is 6.42 Å². The lowest BCUT2D eigenvalue weighted by molar-refractivity contribution is -0.135. The first-order valence-electron chi connectivity index (χ1n) is 6.31. The molecular weight excluding hydrogens is 250 g/mol. The number of hydrogen-bond acceptors (Lipinski definition) is 2. The van der Waals surface area contributed by atoms with Gasteiger partial charge >= 0.3 is 0 Å². The van der Waals surface area contributed by atoms with Crippen LogP contribution in [0.2, 0.25) is 5.02 Å². The number of likely N-dealkylation sites (tertiary alicyclic amines) is 1. The third-order valence-electron chi connectivity index (χ3n) is 3.19. The van der Waals surface area contributed by atoms with Gasteiger partial charge in [0, 0.05) is 18.1 Å². The summed E-state index contributed by atoms with van der Waals surface area (Å²) in [4.78, 5) is 13.9. The third-order valence-corrected chi connectivity index (χ3v) is 3.44. The lowest BCUT2D eigenvalue weighted by Gasteiger charge is -2.30. The fourth-order valence-electron chi connectivity index (χ4n) is 2.18. The zero-order valence-electron chi connectivity index (χ0n) is 10.6. The molecule has 1 saturated heterocycles. The number of benzene rings is 1. The maximum absolute atomic E-state index is 12.0. The van der Waals surface area contributed by atoms with Crippen LogP contribution in [0.1, 0.15) is 19.8 Å². The van der Waals surface area contributed by atoms with E-state index in [0.29, 0.717) is 16.7 Å². The third kappa shape index (κ3) is 3.64. The van der Waals surface area contributed by atoms with Gasteiger partial charge in [0.15, 0.2) is 6.61 Å². The van der Waals surface area contributed by atoms with E-state index in [1.807, 2.05) is 4.90 Å². The molecule has 3 nitrogen and oxygen atoms in total. The number of nitrogens with zero attached hydrogens (tertiary/aromatic N) is 1. The van der Waals surface area contributed by atoms with E-state index in [4.69, 9.17) is 16.3 Å². The number of halogens is 1. The summed E-state index contributed by atoms with van der Waals surface area (Å²) in [6.07, 6.45) is 2.30. The highest BCUT2D eigenvalue weighted by atomic mass is 35.5. The van der Waals surface area contributed by atoms with Gasteiger partial charge in [0.2, 0.25) is 0 Å². The summed E-state index contributed by atoms with van der Waals surface area (Å²) in [5.41, 5.74) is 0. The Bertz CT molecular complexity index is 405. The second-order valence-electron chi connectivity index (χ2n) is 4.83. The van der Waals surface area contributed by atoms with Crippen molar-refractivity contribution in [2.24, 2.45) is 5.92 Å². The molecule has 4 heteroatoms. The molecule has 1 fully saturated rings. The normalized spacial score (nSPS) is 19.7. The fourth-order valence-corrected chi connectivity index (χ4v) is 2.31. The van der Waals surface area contributed by atoms with Gasteiger partial charge in [0.1, 0.15) is 5.75 Å². The molecule has 0 aliphatic carbocycles. The minimum Gasteiger partial charge on any atom is -0.484 e. The first kappa shape index (κ1) is 13.2. The molecule has 1 amide bonds. The van der Waals surface area contributed by atoms with Crippen molar-refractivity contribution in [3.05, 3.63) is 29.3 Å². The van der Waals surface area contributed by atoms with Crippen LogP contribution in [0.25, 0.3) is 0 Å². The monoisotopic (exact) mass is 267 g/mol. The maximum atomic E-state index is 12.0. The number of ether oxygens (including phenoxy) is 1. The van der Waals surface area contributed by atoms with Gasteiger partial charge in [-0.15, -0.1) is 0 Å². The summed E-state index contributed by atoms with van der Waals surface area (Å²) in [7, 11) is 0. The van der Waals surface area contributed by atoms with Gasteiger partial charge in [-0.05, 0) is 43.0 Å². The van der Waals surface area contributed by atoms with E-state index in [2.05, 4.69) is 6.92 Å². The molecule has 0 N–H and O–H groups in total. The number of carbonyl (C=O) groups excluding carboxylic acids is 1. The van der Waals surface area contributed by atoms with Gasteiger partial charge in [-0.2, -0.15) is 0 Å². The van der Waals surface area contributed by atoms with Gasteiger partial charge in [-0.25, -0.2) is 0 Å². The Morgan fingerprint density at radius 2 is 2.17 bits per heavy atom. The van der Waals surface area contributed by atoms with E-state index in [9.17, 15) is 4.79 Å². The fraction of sp³-hybridized carbons (Fsp3) is 0.500. The van der Waals surface area contributed by atoms with Crippen LogP contribution in [-0.4, -0.2) is 30.5 Å². The van der Waals surface area contributed by atoms with Gasteiger partial charge in [0.25, 0.3) is 5.91 Å². The topological polar surface area (TPSA) is 29.5 Å². The number of amides is 1. The molecule has 0 bridgehead atoms. The molecule has 0 aromatic heterocycles. The van der Waals surface area contributed by atoms with Crippen molar-refractivity contribution >= 4 is 17.5 Å². The molecule has 1 heterocycles. The SMILES string of the molecule is C[C@@H]1CCCN(C(=O)COc2ccc(Cl)cc2)C1. The van der Waals surface area contributed by atoms with Gasteiger partial charge in [0.05, 0.1) is 0 Å². The summed E-state index contributed by atoms with van der Waals surface area (Å²) in [5.74, 6) is 1.34. The molecule has 1 aliphatic rings. The molecule has 98 valence electrons. The van der Waals surface area contributed by atoms with Crippen LogP contribution in [0, 0.1) is 5.92 Å². The first-order valence-corrected chi connectivity index (χ1v) is 6.69. The Morgan fingerprint density at radius 1 is 1.44 bits per heavy atom. The van der Waals surface area contributed by atoms with Crippen LogP contribution >= 0.6 is 11.6 Å². The zero-order valence-corrected chi connectivity index (χ0v) is 11.3. The smallest absolute Gasteiger partial charge is 0.260 e. The van der Waals surface area contributed by atoms with Crippen molar-refractivity contribution < 1.29 is 9.53 Å². The molecule has 1 aliphatic heterocycles. The van der Waals surface area contributed by atoms with Crippen LogP contribution in [0.5, 0.6) is 5.75 Å². The van der Waals surface area contributed by atoms with E-state index in [-0.39, 0.29) is 12.5 Å². The predicted octanol–water partition coefficient (Wildman–Crippen LogP) is 2.98. The summed E-state index contributed by atoms with van der Waals surface area (Å²) < 4.78 is 5.46. The highest BCUT2D eigenvalue weighted by molar-refractivity contribution is 6.30. The summed E-state index contributed by atoms with van der Waals surface area (Å²) >= 11 is 5.78. The Morgan fingerprint density at radius 3 is 2.83 bits per heavy atom. The summed E-state index contributed by atoms with van der Waals surface area (Å²) in [6, 6.07) is 7.05. The largest absolute Gasteiger partial charge is 0.484 e. The summed E-state index contributed by atoms with van der Waals surface area (Å²) in [6.45, 7) is 3.99. The number of carbonyl (C=O) groups is 1. The first-order chi connectivity index (χ1) is 8.65. The summed E-state index contributed by atoms with van der Waals surface area (Å²) in [5, 5.41) is 0.665. The molecule has 1 atom stereocenters. The molecule has 18 heavy (non-hydrogen) atoms. The van der Waals surface area contributed by atoms with Gasteiger partial charge in [-0.3, -0.25) is 4.79 Å². The van der Waals surface area contributed by atoms with E-state index in [1.54, 1.807) is 24.3 Å². The zero-order chi connectivity index (χ0) is 13.0. The average Bonchev–Trinajstić information content (AvgIpc) is 2.38. The van der Waals surface area contributed by atoms with E-state index >= 15 is 0 Å². The Hall–Kier alpha value is -1.22. The van der Waals surface area contributed by atoms with Crippen molar-refractivity contribution in [2.45, 2.75) is 19.8 Å². The van der Waals surface area contributed by atoms with E-state index < -0.39 is 0 Å². The number of rotatable bonds is 3. The Kier molecular flexibility index (Phi) is 4.48. The highest BCUT2D eigenvalue weighted by Crippen LogP contribution is 2.17. The van der Waals surface area contributed by atoms with Crippen LogP contribution in [-0.2, 0) is 4.79 Å². The van der Waals surface area contributed by atoms with Gasteiger partial charge < -0.3 is 9.64 Å². The van der Waals surface area contributed by atoms with Gasteiger partial charge in [-0.1, -0.05) is 18.5 Å². The second kappa shape index (κ2) is 6.10. The van der Waals surface area contributed by atoms with Crippen LogP contribution < -0.4 is 4.74 Å². The van der Waals surface area contributed by atoms with Crippen molar-refractivity contribution in [1.29, 1.82) is 0 Å². The standard InChI is InChI=1S/C14H18ClNO2/c1-11-3-2-8-16(9-11)14(17)10-18-13-6-4-12(15)5-7-13/h4-7,11H,2-3,8-10H2,1H3/t11-/m1/s1. The molecule has 1 aromatic rings. The minimum absolute atomic E-state index is 0.0662. The molecule has 0 radical (unpaired) electrons.